The maximum absolute atomic E-state index is 13.3. The number of carbonyl (C=O) groups is 1. The summed E-state index contributed by atoms with van der Waals surface area (Å²) in [4.78, 5) is 12.3. The summed E-state index contributed by atoms with van der Waals surface area (Å²) < 4.78 is 19.0. The van der Waals surface area contributed by atoms with Gasteiger partial charge in [-0.1, -0.05) is 15.9 Å². The lowest BCUT2D eigenvalue weighted by molar-refractivity contribution is 0.103. The van der Waals surface area contributed by atoms with Gasteiger partial charge in [0.15, 0.2) is 5.78 Å². The Morgan fingerprint density at radius 3 is 2.47 bits per heavy atom. The fourth-order valence-corrected chi connectivity index (χ4v) is 2.34. The van der Waals surface area contributed by atoms with E-state index in [1.165, 1.54) is 12.1 Å². The van der Waals surface area contributed by atoms with Crippen molar-refractivity contribution in [3.05, 3.63) is 63.4 Å². The van der Waals surface area contributed by atoms with Crippen molar-refractivity contribution in [3.63, 3.8) is 0 Å². The minimum atomic E-state index is -0.442. The van der Waals surface area contributed by atoms with E-state index < -0.39 is 5.82 Å². The molecule has 0 spiro atoms. The zero-order valence-electron chi connectivity index (χ0n) is 10.5. The van der Waals surface area contributed by atoms with Crippen molar-refractivity contribution in [2.45, 2.75) is 6.92 Å². The van der Waals surface area contributed by atoms with Crippen LogP contribution in [0.3, 0.4) is 0 Å². The predicted molar refractivity (Wildman–Crippen MR) is 75.3 cm³/mol. The van der Waals surface area contributed by atoms with Crippen LogP contribution in [0, 0.1) is 12.7 Å². The van der Waals surface area contributed by atoms with Crippen molar-refractivity contribution in [3.8, 4) is 5.75 Å². The molecule has 0 amide bonds. The van der Waals surface area contributed by atoms with E-state index in [0.29, 0.717) is 15.6 Å². The highest BCUT2D eigenvalue weighted by Crippen LogP contribution is 2.22. The molecule has 4 heteroatoms. The number of hydrogen-bond donors (Lipinski definition) is 0. The van der Waals surface area contributed by atoms with Crippen molar-refractivity contribution in [2.24, 2.45) is 0 Å². The van der Waals surface area contributed by atoms with Crippen LogP contribution in [0.2, 0.25) is 0 Å². The Bertz CT molecular complexity index is 618. The largest absolute Gasteiger partial charge is 0.496 e. The SMILES string of the molecule is COc1ccc(C(=O)c2cc(F)cc(Br)c2)cc1C. The number of carbonyl (C=O) groups excluding carboxylic acids is 1. The van der Waals surface area contributed by atoms with Gasteiger partial charge in [0.25, 0.3) is 0 Å². The van der Waals surface area contributed by atoms with Crippen LogP contribution >= 0.6 is 15.9 Å². The molecule has 0 saturated heterocycles. The van der Waals surface area contributed by atoms with E-state index in [1.807, 2.05) is 6.92 Å². The first kappa shape index (κ1) is 13.7. The van der Waals surface area contributed by atoms with Gasteiger partial charge in [0.05, 0.1) is 7.11 Å². The molecule has 0 N–H and O–H groups in total. The van der Waals surface area contributed by atoms with Gasteiger partial charge in [0, 0.05) is 15.6 Å². The number of methoxy groups -OCH3 is 1. The molecule has 2 nitrogen and oxygen atoms in total. The highest BCUT2D eigenvalue weighted by atomic mass is 79.9. The van der Waals surface area contributed by atoms with Crippen molar-refractivity contribution >= 4 is 21.7 Å². The van der Waals surface area contributed by atoms with E-state index in [0.717, 1.165) is 11.3 Å². The summed E-state index contributed by atoms with van der Waals surface area (Å²) in [6, 6.07) is 9.29. The molecule has 0 fully saturated rings. The first-order chi connectivity index (χ1) is 9.01. The quantitative estimate of drug-likeness (QED) is 0.794. The van der Waals surface area contributed by atoms with E-state index in [4.69, 9.17) is 4.74 Å². The topological polar surface area (TPSA) is 26.3 Å². The standard InChI is InChI=1S/C15H12BrFO2/c1-9-5-10(3-4-14(9)19-2)15(18)11-6-12(16)8-13(17)7-11/h3-8H,1-2H3. The second kappa shape index (κ2) is 5.53. The van der Waals surface area contributed by atoms with Crippen molar-refractivity contribution in [2.75, 3.05) is 7.11 Å². The third-order valence-electron chi connectivity index (χ3n) is 2.78. The molecule has 2 aromatic carbocycles. The second-order valence-electron chi connectivity index (χ2n) is 4.17. The Labute approximate surface area is 119 Å². The maximum Gasteiger partial charge on any atom is 0.193 e. The Morgan fingerprint density at radius 1 is 1.16 bits per heavy atom. The average molecular weight is 323 g/mol. The van der Waals surface area contributed by atoms with Crippen LogP contribution in [0.1, 0.15) is 21.5 Å². The Kier molecular flexibility index (Phi) is 4.00. The average Bonchev–Trinajstić information content (AvgIpc) is 2.36. The molecule has 19 heavy (non-hydrogen) atoms. The molecular formula is C15H12BrFO2. The molecule has 2 rings (SSSR count). The normalized spacial score (nSPS) is 10.3. The number of rotatable bonds is 3. The zero-order chi connectivity index (χ0) is 14.0. The van der Waals surface area contributed by atoms with Crippen molar-refractivity contribution < 1.29 is 13.9 Å². The van der Waals surface area contributed by atoms with Crippen molar-refractivity contribution in [1.82, 2.24) is 0 Å². The molecule has 98 valence electrons. The van der Waals surface area contributed by atoms with Gasteiger partial charge in [0.1, 0.15) is 11.6 Å². The summed E-state index contributed by atoms with van der Waals surface area (Å²) in [7, 11) is 1.58. The number of aryl methyl sites for hydroxylation is 1. The summed E-state index contributed by atoms with van der Waals surface area (Å²) in [5.74, 6) is 0.0610. The van der Waals surface area contributed by atoms with Crippen molar-refractivity contribution in [1.29, 1.82) is 0 Å². The predicted octanol–water partition coefficient (Wildman–Crippen LogP) is 4.14. The molecule has 0 saturated carbocycles. The molecule has 0 atom stereocenters. The molecule has 0 aliphatic heterocycles. The van der Waals surface area contributed by atoms with Crippen LogP contribution in [-0.2, 0) is 0 Å². The number of hydrogen-bond acceptors (Lipinski definition) is 2. The van der Waals surface area contributed by atoms with E-state index >= 15 is 0 Å². The minimum Gasteiger partial charge on any atom is -0.496 e. The minimum absolute atomic E-state index is 0.217. The summed E-state index contributed by atoms with van der Waals surface area (Å²) in [6.07, 6.45) is 0. The lowest BCUT2D eigenvalue weighted by atomic mass is 10.0. The number of ketones is 1. The third-order valence-corrected chi connectivity index (χ3v) is 3.24. The number of halogens is 2. The van der Waals surface area contributed by atoms with E-state index in [2.05, 4.69) is 15.9 Å². The molecule has 0 aliphatic rings. The van der Waals surface area contributed by atoms with Gasteiger partial charge in [-0.2, -0.15) is 0 Å². The fraction of sp³-hybridized carbons (Fsp3) is 0.133. The molecule has 0 heterocycles. The maximum atomic E-state index is 13.3. The van der Waals surface area contributed by atoms with Gasteiger partial charge in [-0.25, -0.2) is 4.39 Å². The Hall–Kier alpha value is -1.68. The molecule has 0 radical (unpaired) electrons. The number of benzene rings is 2. The van der Waals surface area contributed by atoms with E-state index in [9.17, 15) is 9.18 Å². The van der Waals surface area contributed by atoms with Gasteiger partial charge in [-0.05, 0) is 48.9 Å². The van der Waals surface area contributed by atoms with Gasteiger partial charge in [0.2, 0.25) is 0 Å². The van der Waals surface area contributed by atoms with Crippen LogP contribution in [0.4, 0.5) is 4.39 Å². The smallest absolute Gasteiger partial charge is 0.193 e. The second-order valence-corrected chi connectivity index (χ2v) is 5.09. The molecule has 0 aromatic heterocycles. The summed E-state index contributed by atoms with van der Waals surface area (Å²) >= 11 is 3.18. The van der Waals surface area contributed by atoms with Crippen LogP contribution < -0.4 is 4.74 Å². The molecule has 0 aliphatic carbocycles. The van der Waals surface area contributed by atoms with Gasteiger partial charge >= 0.3 is 0 Å². The molecule has 0 unspecified atom stereocenters. The Morgan fingerprint density at radius 2 is 1.89 bits per heavy atom. The monoisotopic (exact) mass is 322 g/mol. The lowest BCUT2D eigenvalue weighted by Crippen LogP contribution is -2.03. The van der Waals surface area contributed by atoms with E-state index in [-0.39, 0.29) is 5.78 Å². The van der Waals surface area contributed by atoms with Crippen LogP contribution in [-0.4, -0.2) is 12.9 Å². The van der Waals surface area contributed by atoms with Crippen LogP contribution in [0.15, 0.2) is 40.9 Å². The summed E-state index contributed by atoms with van der Waals surface area (Å²) in [5, 5.41) is 0. The van der Waals surface area contributed by atoms with Gasteiger partial charge in [-0.15, -0.1) is 0 Å². The summed E-state index contributed by atoms with van der Waals surface area (Å²) in [5.41, 5.74) is 1.69. The Balaban J connectivity index is 2.41. The van der Waals surface area contributed by atoms with Gasteiger partial charge < -0.3 is 4.74 Å². The fourth-order valence-electron chi connectivity index (χ4n) is 1.87. The first-order valence-electron chi connectivity index (χ1n) is 5.66. The zero-order valence-corrected chi connectivity index (χ0v) is 12.1. The summed E-state index contributed by atoms with van der Waals surface area (Å²) in [6.45, 7) is 1.86. The lowest BCUT2D eigenvalue weighted by Gasteiger charge is -2.07. The van der Waals surface area contributed by atoms with Gasteiger partial charge in [-0.3, -0.25) is 4.79 Å². The van der Waals surface area contributed by atoms with Crippen LogP contribution in [0.5, 0.6) is 5.75 Å². The number of ether oxygens (including phenoxy) is 1. The van der Waals surface area contributed by atoms with E-state index in [1.54, 1.807) is 31.4 Å². The first-order valence-corrected chi connectivity index (χ1v) is 6.46. The molecular weight excluding hydrogens is 311 g/mol. The molecule has 2 aromatic rings. The highest BCUT2D eigenvalue weighted by molar-refractivity contribution is 9.10. The third kappa shape index (κ3) is 3.01. The van der Waals surface area contributed by atoms with Crippen LogP contribution in [0.25, 0.3) is 0 Å². The highest BCUT2D eigenvalue weighted by Gasteiger charge is 2.12. The molecule has 0 bridgehead atoms.